The summed E-state index contributed by atoms with van der Waals surface area (Å²) in [7, 11) is 0. The van der Waals surface area contributed by atoms with Crippen LogP contribution in [0.15, 0.2) is 0 Å². The molecule has 1 aliphatic rings. The minimum absolute atomic E-state index is 0.187. The van der Waals surface area contributed by atoms with Crippen LogP contribution >= 0.6 is 0 Å². The van der Waals surface area contributed by atoms with E-state index in [1.165, 1.54) is 0 Å². The van der Waals surface area contributed by atoms with Crippen molar-refractivity contribution in [3.05, 3.63) is 0 Å². The van der Waals surface area contributed by atoms with Gasteiger partial charge in [-0.25, -0.2) is 0 Å². The average molecular weight is 241 g/mol. The van der Waals surface area contributed by atoms with Gasteiger partial charge in [0.05, 0.1) is 0 Å². The Hall–Kier alpha value is -1.10. The third-order valence-corrected chi connectivity index (χ3v) is 2.88. The number of carbonyl (C=O) groups excluding carboxylic acids is 2. The van der Waals surface area contributed by atoms with E-state index in [-0.39, 0.29) is 5.91 Å². The molecule has 1 N–H and O–H groups in total. The monoisotopic (exact) mass is 241 g/mol. The van der Waals surface area contributed by atoms with Crippen LogP contribution in [0.25, 0.3) is 0 Å². The molecule has 0 aromatic rings. The molecule has 0 aromatic carbocycles. The quantitative estimate of drug-likeness (QED) is 0.523. The van der Waals surface area contributed by atoms with E-state index >= 15 is 0 Å². The van der Waals surface area contributed by atoms with Crippen molar-refractivity contribution in [2.24, 2.45) is 5.92 Å². The van der Waals surface area contributed by atoms with E-state index in [1.54, 1.807) is 4.90 Å². The molecule has 1 rings (SSSR count). The molecule has 0 saturated carbocycles. The lowest BCUT2D eigenvalue weighted by Crippen LogP contribution is -2.48. The molecule has 0 unspecified atom stereocenters. The van der Waals surface area contributed by atoms with Crippen LogP contribution in [0.1, 0.15) is 20.3 Å². The van der Waals surface area contributed by atoms with E-state index in [0.29, 0.717) is 38.5 Å². The van der Waals surface area contributed by atoms with Crippen molar-refractivity contribution in [1.29, 1.82) is 0 Å². The Kier molecular flexibility index (Phi) is 5.97. The molecule has 0 atom stereocenters. The summed E-state index contributed by atoms with van der Waals surface area (Å²) in [5.41, 5.74) is 0. The molecule has 0 aliphatic carbocycles. The fourth-order valence-electron chi connectivity index (χ4n) is 1.82. The molecule has 1 aliphatic heterocycles. The number of nitrogens with zero attached hydrogens (tertiary/aromatic N) is 2. The van der Waals surface area contributed by atoms with E-state index in [2.05, 4.69) is 19.2 Å². The summed E-state index contributed by atoms with van der Waals surface area (Å²) in [6, 6.07) is 0. The summed E-state index contributed by atoms with van der Waals surface area (Å²) in [6.07, 6.45) is 1.40. The smallest absolute Gasteiger partial charge is 0.223 e. The van der Waals surface area contributed by atoms with Crippen LogP contribution in [0.5, 0.6) is 0 Å². The topological polar surface area (TPSA) is 52.7 Å². The molecule has 5 heteroatoms. The number of piperazine rings is 1. The van der Waals surface area contributed by atoms with Gasteiger partial charge in [-0.05, 0) is 12.5 Å². The van der Waals surface area contributed by atoms with Crippen LogP contribution in [-0.2, 0) is 9.59 Å². The van der Waals surface area contributed by atoms with Gasteiger partial charge >= 0.3 is 0 Å². The van der Waals surface area contributed by atoms with Crippen LogP contribution in [0.2, 0.25) is 0 Å². The lowest BCUT2D eigenvalue weighted by molar-refractivity contribution is -0.135. The fourth-order valence-corrected chi connectivity index (χ4v) is 1.82. The van der Waals surface area contributed by atoms with Gasteiger partial charge in [-0.2, -0.15) is 0 Å². The van der Waals surface area contributed by atoms with Gasteiger partial charge in [-0.3, -0.25) is 9.59 Å². The summed E-state index contributed by atoms with van der Waals surface area (Å²) >= 11 is 0. The lowest BCUT2D eigenvalue weighted by Gasteiger charge is -2.32. The zero-order chi connectivity index (χ0) is 12.7. The summed E-state index contributed by atoms with van der Waals surface area (Å²) in [5.74, 6) is 0.799. The number of amides is 2. The number of rotatable bonds is 6. The van der Waals surface area contributed by atoms with Crippen molar-refractivity contribution in [1.82, 2.24) is 15.1 Å². The van der Waals surface area contributed by atoms with Crippen molar-refractivity contribution in [3.63, 3.8) is 0 Å². The summed E-state index contributed by atoms with van der Waals surface area (Å²) in [6.45, 7) is 8.64. The predicted octanol–water partition coefficient (Wildman–Crippen LogP) is -0.0773. The van der Waals surface area contributed by atoms with Crippen LogP contribution in [0.4, 0.5) is 0 Å². The molecule has 0 bridgehead atoms. The average Bonchev–Trinajstić information content (AvgIpc) is 2.34. The Morgan fingerprint density at radius 2 is 1.94 bits per heavy atom. The molecule has 2 amide bonds. The standard InChI is InChI=1S/C12H23N3O2/c1-11(2)9-13-4-3-12(17)15-7-5-14(10-16)6-8-15/h10-11,13H,3-9H2,1-2H3. The molecule has 0 aromatic heterocycles. The van der Waals surface area contributed by atoms with Crippen molar-refractivity contribution >= 4 is 12.3 Å². The zero-order valence-electron chi connectivity index (χ0n) is 10.8. The molecule has 98 valence electrons. The first-order valence-corrected chi connectivity index (χ1v) is 6.31. The SMILES string of the molecule is CC(C)CNCCC(=O)N1CCN(C=O)CC1. The normalized spacial score (nSPS) is 16.4. The molecule has 0 radical (unpaired) electrons. The Labute approximate surface area is 103 Å². The summed E-state index contributed by atoms with van der Waals surface area (Å²) in [4.78, 5) is 25.9. The van der Waals surface area contributed by atoms with Crippen LogP contribution in [0, 0.1) is 5.92 Å². The van der Waals surface area contributed by atoms with Crippen molar-refractivity contribution in [3.8, 4) is 0 Å². The molecule has 5 nitrogen and oxygen atoms in total. The third kappa shape index (κ3) is 5.17. The maximum Gasteiger partial charge on any atom is 0.223 e. The van der Waals surface area contributed by atoms with Gasteiger partial charge in [-0.15, -0.1) is 0 Å². The molecule has 0 spiro atoms. The Bertz CT molecular complexity index is 248. The number of hydrogen-bond donors (Lipinski definition) is 1. The van der Waals surface area contributed by atoms with Gasteiger partial charge in [-0.1, -0.05) is 13.8 Å². The Morgan fingerprint density at radius 3 is 2.47 bits per heavy atom. The van der Waals surface area contributed by atoms with E-state index in [0.717, 1.165) is 19.5 Å². The van der Waals surface area contributed by atoms with E-state index in [4.69, 9.17) is 0 Å². The highest BCUT2D eigenvalue weighted by atomic mass is 16.2. The van der Waals surface area contributed by atoms with Gasteiger partial charge in [0.15, 0.2) is 0 Å². The first-order valence-electron chi connectivity index (χ1n) is 6.31. The molecule has 1 fully saturated rings. The largest absolute Gasteiger partial charge is 0.342 e. The van der Waals surface area contributed by atoms with Gasteiger partial charge in [0.2, 0.25) is 12.3 Å². The Morgan fingerprint density at radius 1 is 1.29 bits per heavy atom. The first-order chi connectivity index (χ1) is 8.13. The van der Waals surface area contributed by atoms with Gasteiger partial charge in [0.1, 0.15) is 0 Å². The van der Waals surface area contributed by atoms with Crippen molar-refractivity contribution in [2.45, 2.75) is 20.3 Å². The Balaban J connectivity index is 2.14. The minimum Gasteiger partial charge on any atom is -0.342 e. The third-order valence-electron chi connectivity index (χ3n) is 2.88. The predicted molar refractivity (Wildman–Crippen MR) is 66.5 cm³/mol. The second kappa shape index (κ2) is 7.27. The van der Waals surface area contributed by atoms with Crippen LogP contribution in [-0.4, -0.2) is 61.4 Å². The van der Waals surface area contributed by atoms with E-state index in [9.17, 15) is 9.59 Å². The lowest BCUT2D eigenvalue weighted by atomic mass is 10.2. The second-order valence-electron chi connectivity index (χ2n) is 4.87. The summed E-state index contributed by atoms with van der Waals surface area (Å²) < 4.78 is 0. The molecular weight excluding hydrogens is 218 g/mol. The first kappa shape index (κ1) is 14.0. The highest BCUT2D eigenvalue weighted by Crippen LogP contribution is 2.01. The van der Waals surface area contributed by atoms with Crippen molar-refractivity contribution in [2.75, 3.05) is 39.3 Å². The minimum atomic E-state index is 0.187. The molecular formula is C12H23N3O2. The van der Waals surface area contributed by atoms with Crippen LogP contribution in [0.3, 0.4) is 0 Å². The number of carbonyl (C=O) groups is 2. The summed E-state index contributed by atoms with van der Waals surface area (Å²) in [5, 5.41) is 3.26. The molecule has 1 saturated heterocycles. The van der Waals surface area contributed by atoms with Crippen LogP contribution < -0.4 is 5.32 Å². The van der Waals surface area contributed by atoms with E-state index in [1.807, 2.05) is 4.90 Å². The van der Waals surface area contributed by atoms with Gasteiger partial charge < -0.3 is 15.1 Å². The van der Waals surface area contributed by atoms with E-state index < -0.39 is 0 Å². The molecule has 17 heavy (non-hydrogen) atoms. The van der Waals surface area contributed by atoms with Gasteiger partial charge in [0.25, 0.3) is 0 Å². The van der Waals surface area contributed by atoms with Gasteiger partial charge in [0, 0.05) is 39.1 Å². The number of nitrogens with one attached hydrogen (secondary N) is 1. The maximum absolute atomic E-state index is 11.8. The zero-order valence-corrected chi connectivity index (χ0v) is 10.8. The fraction of sp³-hybridized carbons (Fsp3) is 0.833. The second-order valence-corrected chi connectivity index (χ2v) is 4.87. The maximum atomic E-state index is 11.8. The van der Waals surface area contributed by atoms with Crippen molar-refractivity contribution < 1.29 is 9.59 Å². The highest BCUT2D eigenvalue weighted by molar-refractivity contribution is 5.76. The molecule has 1 heterocycles. The number of hydrogen-bond acceptors (Lipinski definition) is 3. The highest BCUT2D eigenvalue weighted by Gasteiger charge is 2.19.